The van der Waals surface area contributed by atoms with Gasteiger partial charge in [-0.05, 0) is 49.1 Å². The molecule has 0 aliphatic carbocycles. The van der Waals surface area contributed by atoms with Gasteiger partial charge in [0.15, 0.2) is 0 Å². The fourth-order valence-electron chi connectivity index (χ4n) is 3.34. The third kappa shape index (κ3) is 4.10. The second-order valence-electron chi connectivity index (χ2n) is 7.79. The van der Waals surface area contributed by atoms with Crippen molar-refractivity contribution >= 4 is 33.1 Å². The Morgan fingerprint density at radius 1 is 1.07 bits per heavy atom. The van der Waals surface area contributed by atoms with Gasteiger partial charge in [0.1, 0.15) is 4.83 Å². The van der Waals surface area contributed by atoms with E-state index in [4.69, 9.17) is 0 Å². The number of hydrogen-bond donors (Lipinski definition) is 1. The smallest absolute Gasteiger partial charge is 0.265 e. The minimum absolute atomic E-state index is 0.0789. The van der Waals surface area contributed by atoms with Gasteiger partial charge in [0.25, 0.3) is 5.91 Å². The summed E-state index contributed by atoms with van der Waals surface area (Å²) in [5.74, 6) is 0.395. The molecule has 1 amide bonds. The van der Waals surface area contributed by atoms with E-state index in [0.717, 1.165) is 21.6 Å². The number of carbonyl (C=O) groups is 1. The molecular weight excluding hydrogens is 378 g/mol. The van der Waals surface area contributed by atoms with Gasteiger partial charge in [-0.3, -0.25) is 9.48 Å². The molecule has 0 fully saturated rings. The molecule has 0 saturated carbocycles. The van der Waals surface area contributed by atoms with E-state index >= 15 is 0 Å². The van der Waals surface area contributed by atoms with Gasteiger partial charge >= 0.3 is 0 Å². The summed E-state index contributed by atoms with van der Waals surface area (Å²) in [4.78, 5) is 14.5. The van der Waals surface area contributed by atoms with E-state index in [9.17, 15) is 4.79 Å². The number of carbonyl (C=O) groups excluding carboxylic acids is 1. The normalized spacial score (nSPS) is 11.3. The maximum absolute atomic E-state index is 12.8. The van der Waals surface area contributed by atoms with Gasteiger partial charge in [0.2, 0.25) is 0 Å². The monoisotopic (exact) mass is 403 g/mol. The number of aryl methyl sites for hydroxylation is 2. The zero-order valence-electron chi connectivity index (χ0n) is 17.2. The Labute approximate surface area is 175 Å². The van der Waals surface area contributed by atoms with Crippen molar-refractivity contribution in [2.45, 2.75) is 40.2 Å². The zero-order chi connectivity index (χ0) is 20.5. The third-order valence-electron chi connectivity index (χ3n) is 5.12. The summed E-state index contributed by atoms with van der Waals surface area (Å²) in [6.45, 7) is 9.09. The molecule has 5 heteroatoms. The molecule has 0 unspecified atom stereocenters. The van der Waals surface area contributed by atoms with Crippen LogP contribution in [-0.4, -0.2) is 15.7 Å². The van der Waals surface area contributed by atoms with Crippen LogP contribution in [0, 0.1) is 13.8 Å². The van der Waals surface area contributed by atoms with Crippen molar-refractivity contribution in [2.75, 3.05) is 5.32 Å². The van der Waals surface area contributed by atoms with Gasteiger partial charge in [0.05, 0.1) is 17.1 Å². The van der Waals surface area contributed by atoms with Crippen molar-refractivity contribution in [1.82, 2.24) is 9.78 Å². The lowest BCUT2D eigenvalue weighted by Gasteiger charge is -2.07. The first kappa shape index (κ1) is 19.4. The first-order valence-electron chi connectivity index (χ1n) is 9.84. The Morgan fingerprint density at radius 3 is 2.41 bits per heavy atom. The largest absolute Gasteiger partial charge is 0.321 e. The van der Waals surface area contributed by atoms with Crippen molar-refractivity contribution in [3.05, 3.63) is 81.9 Å². The van der Waals surface area contributed by atoms with Crippen molar-refractivity contribution < 1.29 is 4.79 Å². The molecule has 4 rings (SSSR count). The molecule has 0 bridgehead atoms. The average molecular weight is 404 g/mol. The molecule has 0 spiro atoms. The van der Waals surface area contributed by atoms with Crippen molar-refractivity contribution in [3.8, 4) is 0 Å². The number of thiophene rings is 1. The highest BCUT2D eigenvalue weighted by Gasteiger charge is 2.17. The summed E-state index contributed by atoms with van der Waals surface area (Å²) < 4.78 is 1.99. The van der Waals surface area contributed by atoms with E-state index in [-0.39, 0.29) is 5.91 Å². The molecule has 0 aliphatic rings. The number of hydrogen-bond acceptors (Lipinski definition) is 3. The summed E-state index contributed by atoms with van der Waals surface area (Å²) in [7, 11) is 0. The average Bonchev–Trinajstić information content (AvgIpc) is 3.26. The maximum atomic E-state index is 12.8. The minimum atomic E-state index is -0.0789. The fourth-order valence-corrected chi connectivity index (χ4v) is 4.40. The van der Waals surface area contributed by atoms with E-state index in [0.29, 0.717) is 17.3 Å². The standard InChI is InChI=1S/C24H25N3OS/c1-15(2)19-9-11-20(12-10-19)25-23(28)22-13-21-17(4)26-27(24(21)29-22)14-18-7-5-16(3)6-8-18/h5-13,15H,14H2,1-4H3,(H,25,28). The molecule has 0 aliphatic heterocycles. The van der Waals surface area contributed by atoms with Crippen LogP contribution in [0.1, 0.15) is 51.8 Å². The molecule has 0 saturated heterocycles. The van der Waals surface area contributed by atoms with Gasteiger partial charge in [0, 0.05) is 11.1 Å². The quantitative estimate of drug-likeness (QED) is 0.435. The summed E-state index contributed by atoms with van der Waals surface area (Å²) in [5, 5.41) is 8.73. The molecular formula is C24H25N3OS. The minimum Gasteiger partial charge on any atom is -0.321 e. The highest BCUT2D eigenvalue weighted by Crippen LogP contribution is 2.29. The van der Waals surface area contributed by atoms with E-state index < -0.39 is 0 Å². The number of rotatable bonds is 5. The SMILES string of the molecule is Cc1ccc(Cn2nc(C)c3cc(C(=O)Nc4ccc(C(C)C)cc4)sc32)cc1. The Bertz CT molecular complexity index is 1150. The first-order chi connectivity index (χ1) is 13.9. The number of aromatic nitrogens is 2. The molecule has 1 N–H and O–H groups in total. The predicted molar refractivity (Wildman–Crippen MR) is 121 cm³/mol. The highest BCUT2D eigenvalue weighted by atomic mass is 32.1. The molecule has 2 heterocycles. The van der Waals surface area contributed by atoms with Crippen LogP contribution < -0.4 is 5.32 Å². The van der Waals surface area contributed by atoms with E-state index in [1.54, 1.807) is 0 Å². The molecule has 148 valence electrons. The number of nitrogens with zero attached hydrogens (tertiary/aromatic N) is 2. The van der Waals surface area contributed by atoms with Gasteiger partial charge < -0.3 is 5.32 Å². The van der Waals surface area contributed by atoms with Crippen LogP contribution >= 0.6 is 11.3 Å². The zero-order valence-corrected chi connectivity index (χ0v) is 18.0. The number of benzene rings is 2. The van der Waals surface area contributed by atoms with Gasteiger partial charge in [-0.15, -0.1) is 11.3 Å². The van der Waals surface area contributed by atoms with Crippen molar-refractivity contribution in [2.24, 2.45) is 0 Å². The van der Waals surface area contributed by atoms with Gasteiger partial charge in [-0.1, -0.05) is 55.8 Å². The number of anilines is 1. The van der Waals surface area contributed by atoms with Crippen molar-refractivity contribution in [3.63, 3.8) is 0 Å². The van der Waals surface area contributed by atoms with Gasteiger partial charge in [-0.25, -0.2) is 0 Å². The van der Waals surface area contributed by atoms with Crippen LogP contribution in [0.15, 0.2) is 54.6 Å². The summed E-state index contributed by atoms with van der Waals surface area (Å²) in [5.41, 5.74) is 5.46. The molecule has 29 heavy (non-hydrogen) atoms. The Balaban J connectivity index is 1.56. The van der Waals surface area contributed by atoms with Crippen LogP contribution in [0.4, 0.5) is 5.69 Å². The molecule has 2 aromatic heterocycles. The second-order valence-corrected chi connectivity index (χ2v) is 8.82. The van der Waals surface area contributed by atoms with E-state index in [2.05, 4.69) is 67.6 Å². The first-order valence-corrected chi connectivity index (χ1v) is 10.7. The lowest BCUT2D eigenvalue weighted by molar-refractivity contribution is 0.103. The second kappa shape index (κ2) is 7.84. The third-order valence-corrected chi connectivity index (χ3v) is 6.27. The van der Waals surface area contributed by atoms with Crippen LogP contribution in [-0.2, 0) is 6.54 Å². The van der Waals surface area contributed by atoms with Crippen LogP contribution in [0.25, 0.3) is 10.2 Å². The topological polar surface area (TPSA) is 46.9 Å². The predicted octanol–water partition coefficient (Wildman–Crippen LogP) is 6.14. The van der Waals surface area contributed by atoms with E-state index in [1.807, 2.05) is 29.8 Å². The summed E-state index contributed by atoms with van der Waals surface area (Å²) in [6.07, 6.45) is 0. The van der Waals surface area contributed by atoms with E-state index in [1.165, 1.54) is 28.0 Å². The van der Waals surface area contributed by atoms with Crippen LogP contribution in [0.2, 0.25) is 0 Å². The number of nitrogens with one attached hydrogen (secondary N) is 1. The molecule has 2 aromatic carbocycles. The van der Waals surface area contributed by atoms with Crippen LogP contribution in [0.3, 0.4) is 0 Å². The lowest BCUT2D eigenvalue weighted by atomic mass is 10.0. The highest BCUT2D eigenvalue weighted by molar-refractivity contribution is 7.20. The molecule has 4 nitrogen and oxygen atoms in total. The Kier molecular flexibility index (Phi) is 5.24. The molecule has 0 radical (unpaired) electrons. The Hall–Kier alpha value is -2.92. The summed E-state index contributed by atoms with van der Waals surface area (Å²) >= 11 is 1.49. The maximum Gasteiger partial charge on any atom is 0.265 e. The van der Waals surface area contributed by atoms with Crippen molar-refractivity contribution in [1.29, 1.82) is 0 Å². The lowest BCUT2D eigenvalue weighted by Crippen LogP contribution is -2.10. The fraction of sp³-hybridized carbons (Fsp3) is 0.250. The Morgan fingerprint density at radius 2 is 1.76 bits per heavy atom. The number of amides is 1. The molecule has 0 atom stereocenters. The number of fused-ring (bicyclic) bond motifs is 1. The van der Waals surface area contributed by atoms with Gasteiger partial charge in [-0.2, -0.15) is 5.10 Å². The van der Waals surface area contributed by atoms with Crippen LogP contribution in [0.5, 0.6) is 0 Å². The summed E-state index contributed by atoms with van der Waals surface area (Å²) in [6, 6.07) is 18.5. The molecule has 4 aromatic rings.